The van der Waals surface area contributed by atoms with Crippen molar-refractivity contribution < 1.29 is 0 Å². The van der Waals surface area contributed by atoms with E-state index < -0.39 is 0 Å². The lowest BCUT2D eigenvalue weighted by Gasteiger charge is -2.29. The van der Waals surface area contributed by atoms with E-state index >= 15 is 0 Å². The smallest absolute Gasteiger partial charge is 0.0356 e. The summed E-state index contributed by atoms with van der Waals surface area (Å²) in [5, 5.41) is 6.10. The van der Waals surface area contributed by atoms with E-state index in [1.165, 1.54) is 55.4 Å². The topological polar surface area (TPSA) is 12.0 Å². The Labute approximate surface area is 116 Å². The van der Waals surface area contributed by atoms with Gasteiger partial charge in [0, 0.05) is 10.9 Å². The molecule has 18 heavy (non-hydrogen) atoms. The van der Waals surface area contributed by atoms with Gasteiger partial charge in [-0.25, -0.2) is 0 Å². The zero-order chi connectivity index (χ0) is 12.8. The van der Waals surface area contributed by atoms with Gasteiger partial charge in [-0.1, -0.05) is 39.0 Å². The average Bonchev–Trinajstić information content (AvgIpc) is 2.73. The summed E-state index contributed by atoms with van der Waals surface area (Å²) in [6.45, 7) is 5.53. The molecule has 2 rings (SSSR count). The zero-order valence-corrected chi connectivity index (χ0v) is 12.7. The Hall–Kier alpha value is -0.340. The molecule has 1 unspecified atom stereocenters. The second-order valence-electron chi connectivity index (χ2n) is 5.63. The van der Waals surface area contributed by atoms with Crippen LogP contribution in [0.2, 0.25) is 0 Å². The van der Waals surface area contributed by atoms with Crippen LogP contribution in [0.15, 0.2) is 11.4 Å². The van der Waals surface area contributed by atoms with E-state index in [-0.39, 0.29) is 0 Å². The van der Waals surface area contributed by atoms with Crippen LogP contribution < -0.4 is 5.32 Å². The summed E-state index contributed by atoms with van der Waals surface area (Å²) >= 11 is 1.89. The minimum atomic E-state index is 0.595. The molecule has 0 aromatic carbocycles. The minimum absolute atomic E-state index is 0.595. The highest BCUT2D eigenvalue weighted by molar-refractivity contribution is 7.10. The summed E-state index contributed by atoms with van der Waals surface area (Å²) in [6.07, 6.45) is 10.0. The lowest BCUT2D eigenvalue weighted by atomic mass is 9.83. The molecule has 1 saturated carbocycles. The van der Waals surface area contributed by atoms with Gasteiger partial charge in [-0.15, -0.1) is 11.3 Å². The third-order valence-electron chi connectivity index (χ3n) is 4.16. The first-order valence-corrected chi connectivity index (χ1v) is 8.47. The van der Waals surface area contributed by atoms with E-state index in [4.69, 9.17) is 0 Å². The van der Waals surface area contributed by atoms with Crippen LogP contribution in [0.25, 0.3) is 0 Å². The minimum Gasteiger partial charge on any atom is -0.310 e. The first kappa shape index (κ1) is 14.1. The van der Waals surface area contributed by atoms with E-state index in [9.17, 15) is 0 Å². The maximum absolute atomic E-state index is 3.74. The van der Waals surface area contributed by atoms with Crippen molar-refractivity contribution >= 4 is 11.3 Å². The van der Waals surface area contributed by atoms with Gasteiger partial charge in [0.25, 0.3) is 0 Å². The summed E-state index contributed by atoms with van der Waals surface area (Å²) in [5.41, 5.74) is 1.53. The molecule has 0 amide bonds. The van der Waals surface area contributed by atoms with Crippen LogP contribution in [0.1, 0.15) is 68.4 Å². The molecule has 0 saturated heterocycles. The number of thiophene rings is 1. The molecule has 1 fully saturated rings. The van der Waals surface area contributed by atoms with Gasteiger partial charge < -0.3 is 5.32 Å². The molecular formula is C16H27NS. The van der Waals surface area contributed by atoms with Gasteiger partial charge in [-0.2, -0.15) is 0 Å². The molecule has 0 aliphatic heterocycles. The molecule has 1 aliphatic carbocycles. The Morgan fingerprint density at radius 3 is 2.44 bits per heavy atom. The van der Waals surface area contributed by atoms with E-state index in [1.807, 2.05) is 11.3 Å². The number of hydrogen-bond acceptors (Lipinski definition) is 2. The lowest BCUT2D eigenvalue weighted by molar-refractivity contribution is 0.292. The van der Waals surface area contributed by atoms with Crippen molar-refractivity contribution in [3.8, 4) is 0 Å². The van der Waals surface area contributed by atoms with Crippen molar-refractivity contribution in [2.45, 2.75) is 64.8 Å². The van der Waals surface area contributed by atoms with E-state index in [1.54, 1.807) is 0 Å². The fourth-order valence-electron chi connectivity index (χ4n) is 3.22. The predicted molar refractivity (Wildman–Crippen MR) is 81.3 cm³/mol. The van der Waals surface area contributed by atoms with E-state index in [0.717, 1.165) is 12.5 Å². The van der Waals surface area contributed by atoms with Crippen LogP contribution in [0, 0.1) is 12.8 Å². The molecule has 1 nitrogen and oxygen atoms in total. The molecular weight excluding hydrogens is 238 g/mol. The summed E-state index contributed by atoms with van der Waals surface area (Å²) in [5.74, 6) is 0.847. The van der Waals surface area contributed by atoms with Crippen LogP contribution in [0.3, 0.4) is 0 Å². The van der Waals surface area contributed by atoms with Gasteiger partial charge in [0.05, 0.1) is 0 Å². The third-order valence-corrected chi connectivity index (χ3v) is 5.03. The Balaban J connectivity index is 2.07. The van der Waals surface area contributed by atoms with Crippen LogP contribution in [-0.2, 0) is 0 Å². The standard InChI is InChI=1S/C16H27NS/c1-3-17-16(15-11-13(2)18-12-15)14-9-7-5-4-6-8-10-14/h11-12,14,16-17H,3-10H2,1-2H3. The van der Waals surface area contributed by atoms with Crippen molar-refractivity contribution in [3.63, 3.8) is 0 Å². The van der Waals surface area contributed by atoms with Gasteiger partial charge in [0.1, 0.15) is 0 Å². The molecule has 0 bridgehead atoms. The van der Waals surface area contributed by atoms with Gasteiger partial charge in [0.2, 0.25) is 0 Å². The SMILES string of the molecule is CCNC(c1csc(C)c1)C1CCCCCCC1. The summed E-state index contributed by atoms with van der Waals surface area (Å²) < 4.78 is 0. The quantitative estimate of drug-likeness (QED) is 0.801. The van der Waals surface area contributed by atoms with Crippen molar-refractivity contribution in [1.29, 1.82) is 0 Å². The van der Waals surface area contributed by atoms with Gasteiger partial charge in [-0.05, 0) is 49.2 Å². The van der Waals surface area contributed by atoms with E-state index in [0.29, 0.717) is 6.04 Å². The molecule has 0 radical (unpaired) electrons. The van der Waals surface area contributed by atoms with Gasteiger partial charge in [0.15, 0.2) is 0 Å². The van der Waals surface area contributed by atoms with Crippen LogP contribution in [-0.4, -0.2) is 6.54 Å². The summed E-state index contributed by atoms with van der Waals surface area (Å²) in [4.78, 5) is 1.44. The highest BCUT2D eigenvalue weighted by atomic mass is 32.1. The molecule has 1 N–H and O–H groups in total. The van der Waals surface area contributed by atoms with Crippen molar-refractivity contribution in [1.82, 2.24) is 5.32 Å². The van der Waals surface area contributed by atoms with Gasteiger partial charge >= 0.3 is 0 Å². The maximum Gasteiger partial charge on any atom is 0.0356 e. The number of aryl methyl sites for hydroxylation is 1. The first-order chi connectivity index (χ1) is 8.81. The molecule has 102 valence electrons. The Kier molecular flexibility index (Phi) is 5.71. The highest BCUT2D eigenvalue weighted by Crippen LogP contribution is 2.34. The van der Waals surface area contributed by atoms with Crippen molar-refractivity contribution in [2.75, 3.05) is 6.54 Å². The molecule has 2 heteroatoms. The molecule has 1 aromatic heterocycles. The number of rotatable bonds is 4. The van der Waals surface area contributed by atoms with Crippen molar-refractivity contribution in [2.24, 2.45) is 5.92 Å². The summed E-state index contributed by atoms with van der Waals surface area (Å²) in [6, 6.07) is 2.98. The highest BCUT2D eigenvalue weighted by Gasteiger charge is 2.23. The second-order valence-corrected chi connectivity index (χ2v) is 6.75. The Morgan fingerprint density at radius 1 is 1.22 bits per heavy atom. The predicted octanol–water partition coefficient (Wildman–Crippen LogP) is 5.07. The lowest BCUT2D eigenvalue weighted by Crippen LogP contribution is -2.28. The Morgan fingerprint density at radius 2 is 1.89 bits per heavy atom. The molecule has 1 heterocycles. The maximum atomic E-state index is 3.74. The number of hydrogen-bond donors (Lipinski definition) is 1. The average molecular weight is 265 g/mol. The largest absolute Gasteiger partial charge is 0.310 e. The monoisotopic (exact) mass is 265 g/mol. The van der Waals surface area contributed by atoms with Gasteiger partial charge in [-0.3, -0.25) is 0 Å². The second kappa shape index (κ2) is 7.30. The molecule has 1 atom stereocenters. The van der Waals surface area contributed by atoms with Crippen molar-refractivity contribution in [3.05, 3.63) is 21.9 Å². The number of nitrogens with one attached hydrogen (secondary N) is 1. The fourth-order valence-corrected chi connectivity index (χ4v) is 3.97. The van der Waals surface area contributed by atoms with E-state index in [2.05, 4.69) is 30.6 Å². The van der Waals surface area contributed by atoms with Crippen LogP contribution in [0.5, 0.6) is 0 Å². The van der Waals surface area contributed by atoms with Crippen LogP contribution >= 0.6 is 11.3 Å². The zero-order valence-electron chi connectivity index (χ0n) is 11.9. The Bertz CT molecular complexity index is 337. The fraction of sp³-hybridized carbons (Fsp3) is 0.750. The summed E-state index contributed by atoms with van der Waals surface area (Å²) in [7, 11) is 0. The normalized spacial score (nSPS) is 20.3. The molecule has 1 aromatic rings. The van der Waals surface area contributed by atoms with Crippen LogP contribution in [0.4, 0.5) is 0 Å². The first-order valence-electron chi connectivity index (χ1n) is 7.59. The molecule has 1 aliphatic rings. The third kappa shape index (κ3) is 3.83. The molecule has 0 spiro atoms.